The van der Waals surface area contributed by atoms with Crippen molar-refractivity contribution in [1.82, 2.24) is 25.0 Å². The lowest BCUT2D eigenvalue weighted by molar-refractivity contribution is -0.111. The number of carbonyl (C=O) groups is 1. The fourth-order valence-electron chi connectivity index (χ4n) is 2.49. The molecular formula is C19H14N6OS. The van der Waals surface area contributed by atoms with E-state index in [0.717, 1.165) is 22.5 Å². The molecule has 0 saturated heterocycles. The summed E-state index contributed by atoms with van der Waals surface area (Å²) in [6.07, 6.45) is 8.52. The molecule has 0 atom stereocenters. The molecule has 3 heterocycles. The first-order valence-corrected chi connectivity index (χ1v) is 8.98. The second-order valence-corrected chi connectivity index (χ2v) is 6.35. The minimum absolute atomic E-state index is 0.281. The van der Waals surface area contributed by atoms with Gasteiger partial charge in [0.1, 0.15) is 11.2 Å². The summed E-state index contributed by atoms with van der Waals surface area (Å²) in [4.78, 5) is 16.3. The van der Waals surface area contributed by atoms with Gasteiger partial charge in [-0.1, -0.05) is 29.5 Å². The maximum atomic E-state index is 12.1. The molecule has 1 amide bonds. The molecule has 4 aromatic rings. The molecule has 0 aliphatic rings. The zero-order chi connectivity index (χ0) is 18.5. The van der Waals surface area contributed by atoms with Crippen LogP contribution in [0.25, 0.3) is 23.0 Å². The van der Waals surface area contributed by atoms with E-state index in [9.17, 15) is 4.79 Å². The standard InChI is InChI=1S/C19H14N6OS/c26-17(22-19-23-21-13-27-19)9-8-15-12-25(16-6-2-1-3-7-16)24-18(15)14-5-4-10-20-11-14/h1-13H,(H,22,23,26). The zero-order valence-electron chi connectivity index (χ0n) is 14.1. The van der Waals surface area contributed by atoms with Gasteiger partial charge in [-0.25, -0.2) is 4.68 Å². The third-order valence-electron chi connectivity index (χ3n) is 3.70. The third-order valence-corrected chi connectivity index (χ3v) is 4.31. The van der Waals surface area contributed by atoms with Crippen LogP contribution in [0.15, 0.2) is 72.6 Å². The molecule has 1 aromatic carbocycles. The Morgan fingerprint density at radius 1 is 1.15 bits per heavy atom. The van der Waals surface area contributed by atoms with Gasteiger partial charge in [0.05, 0.1) is 5.69 Å². The average Bonchev–Trinajstić information content (AvgIpc) is 3.37. The first-order valence-electron chi connectivity index (χ1n) is 8.10. The predicted octanol–water partition coefficient (Wildman–Crippen LogP) is 3.44. The van der Waals surface area contributed by atoms with Gasteiger partial charge >= 0.3 is 0 Å². The predicted molar refractivity (Wildman–Crippen MR) is 104 cm³/mol. The van der Waals surface area contributed by atoms with Gasteiger partial charge in [0.25, 0.3) is 0 Å². The molecule has 0 fully saturated rings. The van der Waals surface area contributed by atoms with Crippen LogP contribution in [0.3, 0.4) is 0 Å². The van der Waals surface area contributed by atoms with Crippen LogP contribution in [0.5, 0.6) is 0 Å². The molecule has 1 N–H and O–H groups in total. The van der Waals surface area contributed by atoms with Crippen LogP contribution in [0.4, 0.5) is 5.13 Å². The maximum Gasteiger partial charge on any atom is 0.250 e. The van der Waals surface area contributed by atoms with Crippen molar-refractivity contribution in [2.45, 2.75) is 0 Å². The van der Waals surface area contributed by atoms with Crippen LogP contribution in [-0.4, -0.2) is 30.9 Å². The van der Waals surface area contributed by atoms with E-state index in [-0.39, 0.29) is 5.91 Å². The number of nitrogens with one attached hydrogen (secondary N) is 1. The quantitative estimate of drug-likeness (QED) is 0.541. The Hall–Kier alpha value is -3.65. The molecule has 0 aliphatic carbocycles. The highest BCUT2D eigenvalue weighted by atomic mass is 32.1. The number of hydrogen-bond donors (Lipinski definition) is 1. The fraction of sp³-hybridized carbons (Fsp3) is 0. The molecular weight excluding hydrogens is 360 g/mol. The van der Waals surface area contributed by atoms with E-state index in [1.165, 1.54) is 17.4 Å². The van der Waals surface area contributed by atoms with Crippen LogP contribution in [0.1, 0.15) is 5.56 Å². The fourth-order valence-corrected chi connectivity index (χ4v) is 2.94. The lowest BCUT2D eigenvalue weighted by Gasteiger charge is -1.99. The molecule has 27 heavy (non-hydrogen) atoms. The number of carbonyl (C=O) groups excluding carboxylic acids is 1. The van der Waals surface area contributed by atoms with Gasteiger partial charge in [0.15, 0.2) is 0 Å². The van der Waals surface area contributed by atoms with E-state index < -0.39 is 0 Å². The summed E-state index contributed by atoms with van der Waals surface area (Å²) in [6.45, 7) is 0. The Labute approximate surface area is 159 Å². The van der Waals surface area contributed by atoms with Crippen LogP contribution >= 0.6 is 11.3 Å². The highest BCUT2D eigenvalue weighted by molar-refractivity contribution is 7.13. The van der Waals surface area contributed by atoms with Gasteiger partial charge in [0, 0.05) is 35.8 Å². The van der Waals surface area contributed by atoms with Crippen molar-refractivity contribution >= 4 is 28.5 Å². The molecule has 0 aliphatic heterocycles. The van der Waals surface area contributed by atoms with Crippen LogP contribution in [0, 0.1) is 0 Å². The minimum Gasteiger partial charge on any atom is -0.297 e. The highest BCUT2D eigenvalue weighted by Gasteiger charge is 2.11. The smallest absolute Gasteiger partial charge is 0.250 e. The van der Waals surface area contributed by atoms with Gasteiger partial charge < -0.3 is 0 Å². The van der Waals surface area contributed by atoms with Crippen molar-refractivity contribution in [3.8, 4) is 16.9 Å². The number of anilines is 1. The molecule has 0 unspecified atom stereocenters. The second kappa shape index (κ2) is 7.71. The molecule has 0 spiro atoms. The molecule has 0 bridgehead atoms. The van der Waals surface area contributed by atoms with Crippen molar-refractivity contribution in [2.24, 2.45) is 0 Å². The summed E-state index contributed by atoms with van der Waals surface area (Å²) in [6, 6.07) is 13.6. The zero-order valence-corrected chi connectivity index (χ0v) is 14.9. The number of nitrogens with zero attached hydrogens (tertiary/aromatic N) is 5. The monoisotopic (exact) mass is 374 g/mol. The Kier molecular flexibility index (Phi) is 4.80. The Morgan fingerprint density at radius 3 is 2.78 bits per heavy atom. The van der Waals surface area contributed by atoms with E-state index in [1.54, 1.807) is 28.7 Å². The number of hydrogen-bond acceptors (Lipinski definition) is 6. The van der Waals surface area contributed by atoms with Crippen molar-refractivity contribution in [3.05, 3.63) is 78.2 Å². The van der Waals surface area contributed by atoms with Crippen molar-refractivity contribution in [2.75, 3.05) is 5.32 Å². The molecule has 8 heteroatoms. The number of amides is 1. The van der Waals surface area contributed by atoms with Gasteiger partial charge in [-0.2, -0.15) is 5.10 Å². The SMILES string of the molecule is O=C(C=Cc1cn(-c2ccccc2)nc1-c1cccnc1)Nc1nncs1. The summed E-state index contributed by atoms with van der Waals surface area (Å²) in [5.74, 6) is -0.281. The van der Waals surface area contributed by atoms with Gasteiger partial charge in [0.2, 0.25) is 11.0 Å². The minimum atomic E-state index is -0.281. The maximum absolute atomic E-state index is 12.1. The lowest BCUT2D eigenvalue weighted by atomic mass is 10.1. The summed E-state index contributed by atoms with van der Waals surface area (Å²) in [5.41, 5.74) is 4.91. The third kappa shape index (κ3) is 3.96. The van der Waals surface area contributed by atoms with E-state index in [2.05, 4.69) is 25.6 Å². The molecule has 0 saturated carbocycles. The number of benzene rings is 1. The van der Waals surface area contributed by atoms with E-state index >= 15 is 0 Å². The average molecular weight is 374 g/mol. The van der Waals surface area contributed by atoms with Crippen LogP contribution in [0.2, 0.25) is 0 Å². The van der Waals surface area contributed by atoms with Crippen molar-refractivity contribution in [1.29, 1.82) is 0 Å². The van der Waals surface area contributed by atoms with E-state index in [0.29, 0.717) is 5.13 Å². The molecule has 3 aromatic heterocycles. The molecule has 4 rings (SSSR count). The largest absolute Gasteiger partial charge is 0.297 e. The highest BCUT2D eigenvalue weighted by Crippen LogP contribution is 2.24. The van der Waals surface area contributed by atoms with Gasteiger partial charge in [-0.05, 0) is 30.3 Å². The summed E-state index contributed by atoms with van der Waals surface area (Å²) in [7, 11) is 0. The lowest BCUT2D eigenvalue weighted by Crippen LogP contribution is -2.07. The first kappa shape index (κ1) is 16.8. The summed E-state index contributed by atoms with van der Waals surface area (Å²) >= 11 is 1.26. The van der Waals surface area contributed by atoms with Gasteiger partial charge in [-0.15, -0.1) is 10.2 Å². The number of para-hydroxylation sites is 1. The Morgan fingerprint density at radius 2 is 2.04 bits per heavy atom. The second-order valence-electron chi connectivity index (χ2n) is 5.52. The van der Waals surface area contributed by atoms with E-state index in [4.69, 9.17) is 0 Å². The van der Waals surface area contributed by atoms with E-state index in [1.807, 2.05) is 48.7 Å². The number of rotatable bonds is 5. The number of pyridine rings is 1. The number of aromatic nitrogens is 5. The summed E-state index contributed by atoms with van der Waals surface area (Å²) in [5, 5.41) is 15.3. The Balaban J connectivity index is 1.67. The normalized spacial score (nSPS) is 11.0. The molecule has 132 valence electrons. The van der Waals surface area contributed by atoms with Crippen molar-refractivity contribution in [3.63, 3.8) is 0 Å². The molecule has 7 nitrogen and oxygen atoms in total. The summed E-state index contributed by atoms with van der Waals surface area (Å²) < 4.78 is 1.78. The topological polar surface area (TPSA) is 85.6 Å². The van der Waals surface area contributed by atoms with Crippen LogP contribution in [-0.2, 0) is 4.79 Å². The van der Waals surface area contributed by atoms with Crippen LogP contribution < -0.4 is 5.32 Å². The molecule has 0 radical (unpaired) electrons. The van der Waals surface area contributed by atoms with Gasteiger partial charge in [-0.3, -0.25) is 15.1 Å². The van der Waals surface area contributed by atoms with Crippen molar-refractivity contribution < 1.29 is 4.79 Å². The Bertz CT molecular complexity index is 1060. The first-order chi connectivity index (χ1) is 13.3.